The predicted octanol–water partition coefficient (Wildman–Crippen LogP) is 1.46. The standard InChI is InChI=1S/C12H24N2O4/c1-3-9-13-17-11(15)7-5-6-8-12(16)18-14-10-4-2/h13-14H,3-10H2,1-2H3. The van der Waals surface area contributed by atoms with Crippen molar-refractivity contribution in [2.24, 2.45) is 0 Å². The smallest absolute Gasteiger partial charge is 0.324 e. The van der Waals surface area contributed by atoms with E-state index in [4.69, 9.17) is 9.68 Å². The fraction of sp³-hybridized carbons (Fsp3) is 0.833. The van der Waals surface area contributed by atoms with Gasteiger partial charge in [-0.15, -0.1) is 0 Å². The number of rotatable bonds is 11. The van der Waals surface area contributed by atoms with Gasteiger partial charge in [0.15, 0.2) is 0 Å². The highest BCUT2D eigenvalue weighted by Gasteiger charge is 2.05. The largest absolute Gasteiger partial charge is 0.371 e. The lowest BCUT2D eigenvalue weighted by molar-refractivity contribution is -0.153. The van der Waals surface area contributed by atoms with E-state index in [9.17, 15) is 9.59 Å². The van der Waals surface area contributed by atoms with Crippen LogP contribution in [-0.2, 0) is 19.3 Å². The number of hydrogen-bond donors (Lipinski definition) is 2. The normalized spacial score (nSPS) is 10.1. The quantitative estimate of drug-likeness (QED) is 0.432. The molecule has 0 fully saturated rings. The third kappa shape index (κ3) is 11.3. The highest BCUT2D eigenvalue weighted by atomic mass is 16.7. The van der Waals surface area contributed by atoms with Gasteiger partial charge in [0.2, 0.25) is 0 Å². The first-order valence-corrected chi connectivity index (χ1v) is 6.55. The van der Waals surface area contributed by atoms with Gasteiger partial charge >= 0.3 is 11.9 Å². The van der Waals surface area contributed by atoms with Crippen LogP contribution >= 0.6 is 0 Å². The Labute approximate surface area is 108 Å². The predicted molar refractivity (Wildman–Crippen MR) is 67.2 cm³/mol. The van der Waals surface area contributed by atoms with E-state index in [-0.39, 0.29) is 11.9 Å². The molecule has 0 amide bonds. The van der Waals surface area contributed by atoms with Crippen LogP contribution in [0.3, 0.4) is 0 Å². The Balaban J connectivity index is 3.32. The summed E-state index contributed by atoms with van der Waals surface area (Å²) in [4.78, 5) is 31.8. The molecule has 0 rings (SSSR count). The minimum atomic E-state index is -0.291. The van der Waals surface area contributed by atoms with Crippen molar-refractivity contribution in [3.63, 3.8) is 0 Å². The highest BCUT2D eigenvalue weighted by Crippen LogP contribution is 2.01. The van der Waals surface area contributed by atoms with Crippen LogP contribution in [0.25, 0.3) is 0 Å². The van der Waals surface area contributed by atoms with E-state index in [0.717, 1.165) is 12.8 Å². The average Bonchev–Trinajstić information content (AvgIpc) is 2.35. The number of unbranched alkanes of at least 4 members (excludes halogenated alkanes) is 1. The van der Waals surface area contributed by atoms with E-state index in [0.29, 0.717) is 38.8 Å². The lowest BCUT2D eigenvalue weighted by atomic mass is 10.2. The van der Waals surface area contributed by atoms with Gasteiger partial charge in [0.25, 0.3) is 0 Å². The van der Waals surface area contributed by atoms with Crippen molar-refractivity contribution in [2.75, 3.05) is 13.1 Å². The van der Waals surface area contributed by atoms with Crippen LogP contribution < -0.4 is 11.0 Å². The third-order valence-electron chi connectivity index (χ3n) is 2.09. The maximum absolute atomic E-state index is 11.2. The summed E-state index contributed by atoms with van der Waals surface area (Å²) in [5.41, 5.74) is 5.14. The average molecular weight is 260 g/mol. The summed E-state index contributed by atoms with van der Waals surface area (Å²) in [6.07, 6.45) is 3.68. The lowest BCUT2D eigenvalue weighted by Crippen LogP contribution is -2.21. The number of carbonyl (C=O) groups is 2. The van der Waals surface area contributed by atoms with Gasteiger partial charge in [-0.05, 0) is 25.7 Å². The summed E-state index contributed by atoms with van der Waals surface area (Å²) in [5, 5.41) is 0. The number of carbonyl (C=O) groups excluding carboxylic acids is 2. The van der Waals surface area contributed by atoms with Crippen LogP contribution in [0, 0.1) is 0 Å². The zero-order chi connectivity index (χ0) is 13.6. The molecule has 0 aliphatic rings. The fourth-order valence-electron chi connectivity index (χ4n) is 1.11. The van der Waals surface area contributed by atoms with Gasteiger partial charge in [-0.2, -0.15) is 11.0 Å². The second kappa shape index (κ2) is 12.3. The Kier molecular flexibility index (Phi) is 11.5. The first-order valence-electron chi connectivity index (χ1n) is 6.55. The van der Waals surface area contributed by atoms with Gasteiger partial charge < -0.3 is 9.68 Å². The summed E-state index contributed by atoms with van der Waals surface area (Å²) in [5.74, 6) is -0.582. The van der Waals surface area contributed by atoms with Gasteiger partial charge in [-0.25, -0.2) is 0 Å². The van der Waals surface area contributed by atoms with Gasteiger partial charge in [0, 0.05) is 25.9 Å². The molecule has 0 heterocycles. The van der Waals surface area contributed by atoms with Crippen LogP contribution in [0.1, 0.15) is 52.4 Å². The summed E-state index contributed by atoms with van der Waals surface area (Å²) in [7, 11) is 0. The molecule has 0 saturated heterocycles. The zero-order valence-electron chi connectivity index (χ0n) is 11.3. The second-order valence-corrected chi connectivity index (χ2v) is 3.94. The first kappa shape index (κ1) is 16.9. The number of hydrogen-bond acceptors (Lipinski definition) is 6. The van der Waals surface area contributed by atoms with Gasteiger partial charge in [0.05, 0.1) is 0 Å². The lowest BCUT2D eigenvalue weighted by Gasteiger charge is -2.05. The molecule has 0 spiro atoms. The molecule has 0 aliphatic carbocycles. The molecule has 0 saturated carbocycles. The van der Waals surface area contributed by atoms with Crippen molar-refractivity contribution in [3.8, 4) is 0 Å². The Hall–Kier alpha value is -1.14. The van der Waals surface area contributed by atoms with Crippen molar-refractivity contribution in [3.05, 3.63) is 0 Å². The topological polar surface area (TPSA) is 76.7 Å². The molecule has 0 bridgehead atoms. The van der Waals surface area contributed by atoms with E-state index < -0.39 is 0 Å². The molecule has 6 heteroatoms. The van der Waals surface area contributed by atoms with Crippen LogP contribution in [0.5, 0.6) is 0 Å². The fourth-order valence-corrected chi connectivity index (χ4v) is 1.11. The van der Waals surface area contributed by atoms with Crippen molar-refractivity contribution in [1.82, 2.24) is 11.0 Å². The Morgan fingerprint density at radius 3 is 1.56 bits per heavy atom. The number of nitrogens with one attached hydrogen (secondary N) is 2. The Morgan fingerprint density at radius 2 is 1.22 bits per heavy atom. The van der Waals surface area contributed by atoms with Gasteiger partial charge in [-0.1, -0.05) is 13.8 Å². The molecule has 6 nitrogen and oxygen atoms in total. The maximum atomic E-state index is 11.2. The van der Waals surface area contributed by atoms with Crippen molar-refractivity contribution in [2.45, 2.75) is 52.4 Å². The molecule has 0 atom stereocenters. The van der Waals surface area contributed by atoms with E-state index in [1.807, 2.05) is 13.8 Å². The Morgan fingerprint density at radius 1 is 0.833 bits per heavy atom. The highest BCUT2D eigenvalue weighted by molar-refractivity contribution is 5.70. The SMILES string of the molecule is CCCNOC(=O)CCCCC(=O)ONCCC. The first-order chi connectivity index (χ1) is 8.70. The van der Waals surface area contributed by atoms with Crippen molar-refractivity contribution in [1.29, 1.82) is 0 Å². The minimum Gasteiger partial charge on any atom is -0.371 e. The molecule has 0 aromatic carbocycles. The van der Waals surface area contributed by atoms with E-state index in [1.54, 1.807) is 0 Å². The number of hydroxylamine groups is 2. The summed E-state index contributed by atoms with van der Waals surface area (Å²) >= 11 is 0. The molecule has 0 radical (unpaired) electrons. The third-order valence-corrected chi connectivity index (χ3v) is 2.09. The van der Waals surface area contributed by atoms with E-state index >= 15 is 0 Å². The van der Waals surface area contributed by atoms with Gasteiger partial charge in [-0.3, -0.25) is 9.59 Å². The molecule has 0 unspecified atom stereocenters. The van der Waals surface area contributed by atoms with Crippen molar-refractivity contribution < 1.29 is 19.3 Å². The molecule has 106 valence electrons. The molecular formula is C12H24N2O4. The van der Waals surface area contributed by atoms with E-state index in [1.165, 1.54) is 0 Å². The van der Waals surface area contributed by atoms with Crippen LogP contribution in [0.2, 0.25) is 0 Å². The molecule has 0 aliphatic heterocycles. The molecular weight excluding hydrogens is 236 g/mol. The van der Waals surface area contributed by atoms with Crippen molar-refractivity contribution >= 4 is 11.9 Å². The molecule has 0 aromatic heterocycles. The molecule has 0 aromatic rings. The molecule has 2 N–H and O–H groups in total. The zero-order valence-corrected chi connectivity index (χ0v) is 11.3. The van der Waals surface area contributed by atoms with Crippen LogP contribution in [0.4, 0.5) is 0 Å². The minimum absolute atomic E-state index is 0.291. The summed E-state index contributed by atoms with van der Waals surface area (Å²) in [6.45, 7) is 5.28. The monoisotopic (exact) mass is 260 g/mol. The maximum Gasteiger partial charge on any atom is 0.324 e. The van der Waals surface area contributed by atoms with Crippen LogP contribution in [0.15, 0.2) is 0 Å². The Bertz CT molecular complexity index is 210. The molecule has 18 heavy (non-hydrogen) atoms. The van der Waals surface area contributed by atoms with E-state index in [2.05, 4.69) is 11.0 Å². The van der Waals surface area contributed by atoms with Crippen LogP contribution in [-0.4, -0.2) is 25.0 Å². The second-order valence-electron chi connectivity index (χ2n) is 3.94. The van der Waals surface area contributed by atoms with Gasteiger partial charge in [0.1, 0.15) is 0 Å². The summed E-state index contributed by atoms with van der Waals surface area (Å²) < 4.78 is 0. The summed E-state index contributed by atoms with van der Waals surface area (Å²) in [6, 6.07) is 0.